The monoisotopic (exact) mass is 399 g/mol. The van der Waals surface area contributed by atoms with E-state index in [0.717, 1.165) is 31.4 Å². The van der Waals surface area contributed by atoms with E-state index in [9.17, 15) is 9.59 Å². The molecule has 2 aromatic rings. The van der Waals surface area contributed by atoms with Gasteiger partial charge in [0.1, 0.15) is 11.4 Å². The van der Waals surface area contributed by atoms with Gasteiger partial charge in [0.2, 0.25) is 0 Å². The summed E-state index contributed by atoms with van der Waals surface area (Å²) in [7, 11) is 0. The van der Waals surface area contributed by atoms with Crippen molar-refractivity contribution < 1.29 is 14.3 Å². The molecule has 1 fully saturated rings. The van der Waals surface area contributed by atoms with Crippen molar-refractivity contribution in [2.75, 3.05) is 13.2 Å². The van der Waals surface area contributed by atoms with Gasteiger partial charge >= 0.3 is 0 Å². The molecule has 156 valence electrons. The van der Waals surface area contributed by atoms with Crippen LogP contribution >= 0.6 is 0 Å². The van der Waals surface area contributed by atoms with Gasteiger partial charge in [0.05, 0.1) is 12.3 Å². The maximum absolute atomic E-state index is 12.6. The molecule has 1 aromatic heterocycles. The fourth-order valence-corrected chi connectivity index (χ4v) is 3.03. The lowest BCUT2D eigenvalue weighted by Gasteiger charge is -2.14. The van der Waals surface area contributed by atoms with Gasteiger partial charge in [0.15, 0.2) is 5.69 Å². The van der Waals surface area contributed by atoms with Gasteiger partial charge in [-0.3, -0.25) is 9.59 Å². The van der Waals surface area contributed by atoms with E-state index in [0.29, 0.717) is 42.3 Å². The van der Waals surface area contributed by atoms with Crippen LogP contribution in [-0.2, 0) is 6.42 Å². The highest BCUT2D eigenvalue weighted by molar-refractivity contribution is 5.95. The van der Waals surface area contributed by atoms with Gasteiger partial charge in [0.25, 0.3) is 11.8 Å². The van der Waals surface area contributed by atoms with Crippen molar-refractivity contribution >= 4 is 11.8 Å². The number of rotatable bonds is 10. The van der Waals surface area contributed by atoms with Crippen molar-refractivity contribution in [2.24, 2.45) is 0 Å². The number of nitrogens with zero attached hydrogens (tertiary/aromatic N) is 3. The number of hydrogen-bond donors (Lipinski definition) is 2. The lowest BCUT2D eigenvalue weighted by atomic mass is 10.1. The molecule has 0 aliphatic heterocycles. The minimum absolute atomic E-state index is 0.155. The fourth-order valence-electron chi connectivity index (χ4n) is 3.03. The summed E-state index contributed by atoms with van der Waals surface area (Å²) < 4.78 is 7.58. The van der Waals surface area contributed by atoms with Crippen molar-refractivity contribution in [1.82, 2.24) is 25.6 Å². The van der Waals surface area contributed by atoms with Crippen LogP contribution in [0.3, 0.4) is 0 Å². The molecule has 1 aromatic carbocycles. The summed E-state index contributed by atoms with van der Waals surface area (Å²) >= 11 is 0. The summed E-state index contributed by atoms with van der Waals surface area (Å²) in [5, 5.41) is 14.2. The predicted octanol–water partition coefficient (Wildman–Crippen LogP) is 2.65. The number of aromatic nitrogens is 3. The van der Waals surface area contributed by atoms with Crippen LogP contribution in [0.15, 0.2) is 18.2 Å². The number of amides is 2. The van der Waals surface area contributed by atoms with E-state index in [1.807, 2.05) is 20.8 Å². The van der Waals surface area contributed by atoms with Gasteiger partial charge in [-0.25, -0.2) is 4.68 Å². The van der Waals surface area contributed by atoms with Crippen molar-refractivity contribution in [1.29, 1.82) is 0 Å². The Hall–Kier alpha value is -2.90. The number of ether oxygens (including phenoxy) is 1. The van der Waals surface area contributed by atoms with Gasteiger partial charge < -0.3 is 15.4 Å². The molecular weight excluding hydrogens is 370 g/mol. The third-order valence-corrected chi connectivity index (χ3v) is 4.63. The lowest BCUT2D eigenvalue weighted by molar-refractivity contribution is 0.0940. The molecule has 3 rings (SSSR count). The van der Waals surface area contributed by atoms with E-state index in [-0.39, 0.29) is 17.9 Å². The Morgan fingerprint density at radius 2 is 1.97 bits per heavy atom. The maximum atomic E-state index is 12.6. The maximum Gasteiger partial charge on any atom is 0.273 e. The molecule has 0 unspecified atom stereocenters. The van der Waals surface area contributed by atoms with Crippen molar-refractivity contribution in [2.45, 2.75) is 58.9 Å². The van der Waals surface area contributed by atoms with Crippen molar-refractivity contribution in [3.63, 3.8) is 0 Å². The second-order valence-corrected chi connectivity index (χ2v) is 7.18. The zero-order valence-electron chi connectivity index (χ0n) is 17.3. The Kier molecular flexibility index (Phi) is 6.85. The standard InChI is InChI=1S/C21H29N5O3/c1-4-7-17-19(21(28)23-15-9-10-15)24-25-26(17)16-11-8-14(20(27)22-6-3)13-18(16)29-12-5-2/h8,11,13,15H,4-7,9-10,12H2,1-3H3,(H,22,27)(H,23,28). The molecule has 1 heterocycles. The first-order chi connectivity index (χ1) is 14.1. The number of hydrogen-bond acceptors (Lipinski definition) is 5. The summed E-state index contributed by atoms with van der Waals surface area (Å²) in [6.45, 7) is 7.01. The normalized spacial score (nSPS) is 13.2. The number of nitrogens with one attached hydrogen (secondary N) is 2. The van der Waals surface area contributed by atoms with Crippen molar-refractivity contribution in [3.05, 3.63) is 35.2 Å². The van der Waals surface area contributed by atoms with Crippen LogP contribution in [0.25, 0.3) is 5.69 Å². The van der Waals surface area contributed by atoms with Gasteiger partial charge in [-0.15, -0.1) is 5.10 Å². The average molecular weight is 399 g/mol. The first-order valence-electron chi connectivity index (χ1n) is 10.4. The van der Waals surface area contributed by atoms with Crippen LogP contribution in [0.4, 0.5) is 0 Å². The lowest BCUT2D eigenvalue weighted by Crippen LogP contribution is -2.27. The van der Waals surface area contributed by atoms with Gasteiger partial charge in [-0.05, 0) is 50.8 Å². The molecule has 8 heteroatoms. The number of benzene rings is 1. The Morgan fingerprint density at radius 1 is 1.17 bits per heavy atom. The van der Waals surface area contributed by atoms with E-state index in [2.05, 4.69) is 20.9 Å². The summed E-state index contributed by atoms with van der Waals surface area (Å²) in [4.78, 5) is 24.8. The Balaban J connectivity index is 2.00. The smallest absolute Gasteiger partial charge is 0.273 e. The minimum atomic E-state index is -0.183. The van der Waals surface area contributed by atoms with Crippen LogP contribution in [0.2, 0.25) is 0 Å². The Bertz CT molecular complexity index is 873. The zero-order valence-corrected chi connectivity index (χ0v) is 17.3. The van der Waals surface area contributed by atoms with Crippen LogP contribution in [-0.4, -0.2) is 46.0 Å². The second-order valence-electron chi connectivity index (χ2n) is 7.18. The van der Waals surface area contributed by atoms with E-state index in [4.69, 9.17) is 4.74 Å². The largest absolute Gasteiger partial charge is 0.491 e. The number of carbonyl (C=O) groups is 2. The zero-order chi connectivity index (χ0) is 20.8. The Labute approximate surface area is 171 Å². The summed E-state index contributed by atoms with van der Waals surface area (Å²) in [6, 6.07) is 5.51. The molecule has 2 amide bonds. The fraction of sp³-hybridized carbons (Fsp3) is 0.524. The Morgan fingerprint density at radius 3 is 2.62 bits per heavy atom. The van der Waals surface area contributed by atoms with Crippen molar-refractivity contribution in [3.8, 4) is 11.4 Å². The molecule has 0 atom stereocenters. The first-order valence-corrected chi connectivity index (χ1v) is 10.4. The summed E-state index contributed by atoms with van der Waals surface area (Å²) in [5.74, 6) is 0.210. The summed E-state index contributed by atoms with van der Waals surface area (Å²) in [6.07, 6.45) is 4.36. The van der Waals surface area contributed by atoms with Crippen LogP contribution in [0.5, 0.6) is 5.75 Å². The van der Waals surface area contributed by atoms with E-state index in [1.165, 1.54) is 0 Å². The SMILES string of the molecule is CCCOc1cc(C(=O)NCC)ccc1-n1nnc(C(=O)NC2CC2)c1CCC. The molecule has 1 aliphatic carbocycles. The molecule has 2 N–H and O–H groups in total. The van der Waals surface area contributed by atoms with E-state index >= 15 is 0 Å². The van der Waals surface area contributed by atoms with Crippen LogP contribution < -0.4 is 15.4 Å². The number of carbonyl (C=O) groups excluding carboxylic acids is 2. The quantitative estimate of drug-likeness (QED) is 0.640. The van der Waals surface area contributed by atoms with Gasteiger partial charge in [-0.1, -0.05) is 25.5 Å². The van der Waals surface area contributed by atoms with Crippen LogP contribution in [0, 0.1) is 0 Å². The first kappa shape index (κ1) is 20.8. The molecule has 0 bridgehead atoms. The minimum Gasteiger partial charge on any atom is -0.491 e. The molecule has 0 saturated heterocycles. The molecular formula is C21H29N5O3. The highest BCUT2D eigenvalue weighted by Gasteiger charge is 2.28. The highest BCUT2D eigenvalue weighted by atomic mass is 16.5. The molecule has 29 heavy (non-hydrogen) atoms. The molecule has 1 saturated carbocycles. The van der Waals surface area contributed by atoms with Gasteiger partial charge in [-0.2, -0.15) is 0 Å². The third-order valence-electron chi connectivity index (χ3n) is 4.63. The van der Waals surface area contributed by atoms with E-state index < -0.39 is 0 Å². The molecule has 1 aliphatic rings. The average Bonchev–Trinajstić information content (AvgIpc) is 3.43. The molecule has 0 radical (unpaired) electrons. The third kappa shape index (κ3) is 4.93. The summed E-state index contributed by atoms with van der Waals surface area (Å²) in [5.41, 5.74) is 2.30. The molecule has 8 nitrogen and oxygen atoms in total. The second kappa shape index (κ2) is 9.54. The topological polar surface area (TPSA) is 98.1 Å². The van der Waals surface area contributed by atoms with Gasteiger partial charge in [0, 0.05) is 18.2 Å². The predicted molar refractivity (Wildman–Crippen MR) is 110 cm³/mol. The van der Waals surface area contributed by atoms with E-state index in [1.54, 1.807) is 22.9 Å². The highest BCUT2D eigenvalue weighted by Crippen LogP contribution is 2.27. The molecule has 0 spiro atoms. The van der Waals surface area contributed by atoms with Crippen LogP contribution in [0.1, 0.15) is 73.0 Å².